The van der Waals surface area contributed by atoms with E-state index in [1.807, 2.05) is 19.1 Å². The molecule has 0 spiro atoms. The maximum absolute atomic E-state index is 13.5. The predicted molar refractivity (Wildman–Crippen MR) is 139 cm³/mol. The number of hydrogen-bond donors (Lipinski definition) is 4. The van der Waals surface area contributed by atoms with Gasteiger partial charge in [-0.3, -0.25) is 19.3 Å². The van der Waals surface area contributed by atoms with Gasteiger partial charge < -0.3 is 30.0 Å². The number of oxime groups is 1. The van der Waals surface area contributed by atoms with Crippen LogP contribution in [0.3, 0.4) is 0 Å². The standard InChI is InChI=1S/C21H27FN2O3.C6H8O7/c1-3-10-24-11-6-9-21(15-24,20(25)26-4-2)14-18-13-19(23-27-18)16-7-5-8-17(22)12-16;7-3(8)1-6(13,5(11)12)2-4(9)10/h3,5,7-8,12,18H,1,4,6,9-11,13-15H2,2H3;13H,1-2H2,(H,7,8)(H,9,10)(H,11,12). The molecule has 2 aliphatic heterocycles. The number of rotatable bonds is 12. The van der Waals surface area contributed by atoms with Crippen molar-refractivity contribution in [2.45, 2.75) is 57.2 Å². The number of esters is 1. The number of benzene rings is 1. The Balaban J connectivity index is 0.000000366. The summed E-state index contributed by atoms with van der Waals surface area (Å²) in [6.07, 6.45) is 2.16. The Bertz CT molecular complexity index is 1110. The first-order chi connectivity index (χ1) is 18.8. The van der Waals surface area contributed by atoms with Gasteiger partial charge in [0.1, 0.15) is 11.9 Å². The fraction of sp³-hybridized carbons (Fsp3) is 0.519. The van der Waals surface area contributed by atoms with Crippen LogP contribution in [0.4, 0.5) is 4.39 Å². The number of carbonyl (C=O) groups is 4. The summed E-state index contributed by atoms with van der Waals surface area (Å²) in [5.74, 6) is -5.48. The quantitative estimate of drug-likeness (QED) is 0.215. The molecule has 2 heterocycles. The molecule has 0 radical (unpaired) electrons. The van der Waals surface area contributed by atoms with Crippen LogP contribution in [0.5, 0.6) is 0 Å². The molecule has 2 atom stereocenters. The van der Waals surface area contributed by atoms with E-state index < -0.39 is 41.8 Å². The SMILES string of the molecule is C=CCN1CCCC(CC2CC(c3cccc(F)c3)=NO2)(C(=O)OCC)C1.O=C(O)CC(O)(CC(=O)O)C(=O)O. The second kappa shape index (κ2) is 14.5. The number of ether oxygens (including phenoxy) is 1. The van der Waals surface area contributed by atoms with Gasteiger partial charge in [-0.2, -0.15) is 0 Å². The highest BCUT2D eigenvalue weighted by Crippen LogP contribution is 2.39. The largest absolute Gasteiger partial charge is 0.481 e. The van der Waals surface area contributed by atoms with E-state index in [0.717, 1.165) is 37.2 Å². The van der Waals surface area contributed by atoms with Crippen LogP contribution < -0.4 is 0 Å². The van der Waals surface area contributed by atoms with E-state index in [0.29, 0.717) is 26.0 Å². The number of halogens is 1. The van der Waals surface area contributed by atoms with Gasteiger partial charge in [0, 0.05) is 31.5 Å². The summed E-state index contributed by atoms with van der Waals surface area (Å²) < 4.78 is 18.9. The third-order valence-corrected chi connectivity index (χ3v) is 6.55. The molecule has 4 N–H and O–H groups in total. The monoisotopic (exact) mass is 566 g/mol. The second-order valence-electron chi connectivity index (χ2n) is 9.79. The van der Waals surface area contributed by atoms with E-state index in [1.54, 1.807) is 6.07 Å². The van der Waals surface area contributed by atoms with Crippen LogP contribution in [0.15, 0.2) is 42.1 Å². The summed E-state index contributed by atoms with van der Waals surface area (Å²) in [6.45, 7) is 8.32. The second-order valence-corrected chi connectivity index (χ2v) is 9.79. The molecule has 40 heavy (non-hydrogen) atoms. The number of aliphatic hydroxyl groups is 1. The van der Waals surface area contributed by atoms with Crippen molar-refractivity contribution in [2.75, 3.05) is 26.2 Å². The van der Waals surface area contributed by atoms with Crippen LogP contribution in [-0.4, -0.2) is 92.9 Å². The molecule has 1 aromatic rings. The minimum Gasteiger partial charge on any atom is -0.481 e. The van der Waals surface area contributed by atoms with Gasteiger partial charge in [0.15, 0.2) is 5.60 Å². The molecule has 3 rings (SSSR count). The van der Waals surface area contributed by atoms with Crippen LogP contribution in [0.25, 0.3) is 0 Å². The van der Waals surface area contributed by atoms with Gasteiger partial charge in [0.05, 0.1) is 30.6 Å². The van der Waals surface area contributed by atoms with Crippen molar-refractivity contribution in [2.24, 2.45) is 10.6 Å². The Morgan fingerprint density at radius 3 is 2.48 bits per heavy atom. The zero-order valence-electron chi connectivity index (χ0n) is 22.3. The molecule has 220 valence electrons. The van der Waals surface area contributed by atoms with Crippen LogP contribution in [0, 0.1) is 11.2 Å². The summed E-state index contributed by atoms with van der Waals surface area (Å²) in [5.41, 5.74) is -1.90. The molecule has 1 saturated heterocycles. The van der Waals surface area contributed by atoms with Crippen molar-refractivity contribution in [3.63, 3.8) is 0 Å². The summed E-state index contributed by atoms with van der Waals surface area (Å²) in [6, 6.07) is 6.34. The van der Waals surface area contributed by atoms with Crippen molar-refractivity contribution >= 4 is 29.6 Å². The topological polar surface area (TPSA) is 183 Å². The number of aliphatic carboxylic acids is 3. The van der Waals surface area contributed by atoms with Crippen molar-refractivity contribution in [3.8, 4) is 0 Å². The zero-order chi connectivity index (χ0) is 29.9. The number of likely N-dealkylation sites (tertiary alicyclic amines) is 1. The first-order valence-electron chi connectivity index (χ1n) is 12.7. The highest BCUT2D eigenvalue weighted by molar-refractivity contribution is 6.01. The Labute approximate surface area is 230 Å². The molecular weight excluding hydrogens is 531 g/mol. The van der Waals surface area contributed by atoms with Gasteiger partial charge in [-0.25, -0.2) is 9.18 Å². The molecule has 2 aliphatic rings. The fourth-order valence-corrected chi connectivity index (χ4v) is 4.79. The van der Waals surface area contributed by atoms with Crippen LogP contribution in [0.2, 0.25) is 0 Å². The van der Waals surface area contributed by atoms with Gasteiger partial charge in [-0.15, -0.1) is 6.58 Å². The zero-order valence-corrected chi connectivity index (χ0v) is 22.3. The Morgan fingerprint density at radius 1 is 1.25 bits per heavy atom. The summed E-state index contributed by atoms with van der Waals surface area (Å²) in [5, 5.41) is 38.0. The molecule has 2 unspecified atom stereocenters. The van der Waals surface area contributed by atoms with Gasteiger partial charge >= 0.3 is 23.9 Å². The third kappa shape index (κ3) is 9.12. The lowest BCUT2D eigenvalue weighted by molar-refractivity contribution is -0.170. The molecule has 13 heteroatoms. The van der Waals surface area contributed by atoms with E-state index in [-0.39, 0.29) is 17.9 Å². The van der Waals surface area contributed by atoms with E-state index in [4.69, 9.17) is 30.0 Å². The van der Waals surface area contributed by atoms with Crippen LogP contribution >= 0.6 is 0 Å². The maximum atomic E-state index is 13.5. The molecule has 12 nitrogen and oxygen atoms in total. The number of piperidine rings is 1. The Hall–Kier alpha value is -3.84. The van der Waals surface area contributed by atoms with Crippen molar-refractivity contribution in [3.05, 3.63) is 48.3 Å². The van der Waals surface area contributed by atoms with Gasteiger partial charge in [0.25, 0.3) is 0 Å². The minimum absolute atomic E-state index is 0.165. The van der Waals surface area contributed by atoms with Crippen molar-refractivity contribution < 1.29 is 53.6 Å². The molecule has 1 aromatic carbocycles. The molecule has 1 fully saturated rings. The number of carboxylic acids is 3. The molecule has 0 bridgehead atoms. The highest BCUT2D eigenvalue weighted by Gasteiger charge is 2.46. The number of carboxylic acid groups (broad SMARTS) is 3. The smallest absolute Gasteiger partial charge is 0.336 e. The molecular formula is C27H35FN2O10. The van der Waals surface area contributed by atoms with E-state index in [1.165, 1.54) is 12.1 Å². The Kier molecular flexibility index (Phi) is 11.7. The lowest BCUT2D eigenvalue weighted by atomic mass is 9.74. The summed E-state index contributed by atoms with van der Waals surface area (Å²) >= 11 is 0. The number of hydrogen-bond acceptors (Lipinski definition) is 9. The lowest BCUT2D eigenvalue weighted by Crippen LogP contribution is -2.50. The normalized spacial score (nSPS) is 20.8. The van der Waals surface area contributed by atoms with Crippen LogP contribution in [-0.2, 0) is 28.8 Å². The van der Waals surface area contributed by atoms with Gasteiger partial charge in [-0.05, 0) is 38.4 Å². The van der Waals surface area contributed by atoms with E-state index >= 15 is 0 Å². The van der Waals surface area contributed by atoms with E-state index in [9.17, 15) is 23.6 Å². The molecule has 0 aromatic heterocycles. The van der Waals surface area contributed by atoms with Gasteiger partial charge in [-0.1, -0.05) is 23.4 Å². The summed E-state index contributed by atoms with van der Waals surface area (Å²) in [7, 11) is 0. The molecule has 0 saturated carbocycles. The van der Waals surface area contributed by atoms with E-state index in [2.05, 4.69) is 16.6 Å². The molecule has 0 aliphatic carbocycles. The van der Waals surface area contributed by atoms with Crippen molar-refractivity contribution in [1.29, 1.82) is 0 Å². The number of nitrogens with zero attached hydrogens (tertiary/aromatic N) is 2. The highest BCUT2D eigenvalue weighted by atomic mass is 19.1. The average molecular weight is 567 g/mol. The summed E-state index contributed by atoms with van der Waals surface area (Å²) in [4.78, 5) is 51.2. The predicted octanol–water partition coefficient (Wildman–Crippen LogP) is 2.29. The first-order valence-corrected chi connectivity index (χ1v) is 12.7. The minimum atomic E-state index is -2.74. The first kappa shape index (κ1) is 32.4. The number of carbonyl (C=O) groups excluding carboxylic acids is 1. The Morgan fingerprint density at radius 2 is 1.93 bits per heavy atom. The molecule has 0 amide bonds. The average Bonchev–Trinajstić information content (AvgIpc) is 3.32. The van der Waals surface area contributed by atoms with Gasteiger partial charge in [0.2, 0.25) is 0 Å². The maximum Gasteiger partial charge on any atom is 0.336 e. The third-order valence-electron chi connectivity index (χ3n) is 6.55. The van der Waals surface area contributed by atoms with Crippen LogP contribution in [0.1, 0.15) is 51.0 Å². The fourth-order valence-electron chi connectivity index (χ4n) is 4.79. The van der Waals surface area contributed by atoms with Crippen molar-refractivity contribution in [1.82, 2.24) is 4.90 Å². The lowest BCUT2D eigenvalue weighted by Gasteiger charge is -2.41.